The van der Waals surface area contributed by atoms with Crippen molar-refractivity contribution >= 4 is 19.6 Å². The molecule has 2 aliphatic heterocycles. The number of aliphatic hydroxyl groups is 3. The average Bonchev–Trinajstić information content (AvgIpc) is 2.98. The van der Waals surface area contributed by atoms with E-state index in [9.17, 15) is 39.5 Å². The molecule has 9 unspecified atom stereocenters. The number of anilines is 1. The Kier molecular flexibility index (Phi) is 7.26. The molecule has 0 aliphatic carbocycles. The number of aromatic nitrogens is 2. The minimum atomic E-state index is -5.19. The van der Waals surface area contributed by atoms with E-state index in [0.29, 0.717) is 0 Å². The lowest BCUT2D eigenvalue weighted by atomic mass is 9.95. The molecule has 2 fully saturated rings. The number of nitrogens with zero attached hydrogens (tertiary/aromatic N) is 2. The van der Waals surface area contributed by atoms with E-state index in [1.165, 1.54) is 19.2 Å². The standard InChI is InChI=1S/C16H25N4O12P/c1-6-10(18)7(21)4-16(31-6,14(24)25)32-33(27,28)29-5-8-11(22)12(23)13(30-8)20-3-2-9(17)19-15(20)26/h2-3,6-8,10-13,21-23H,4-5,18H2,1H3,(H,24,25)(H,27,28)(H2,17,19,26). The number of nitrogen functional groups attached to an aromatic ring is 1. The van der Waals surface area contributed by atoms with Gasteiger partial charge in [0.2, 0.25) is 0 Å². The van der Waals surface area contributed by atoms with Gasteiger partial charge in [-0.2, -0.15) is 4.98 Å². The van der Waals surface area contributed by atoms with Crippen LogP contribution in [0.5, 0.6) is 0 Å². The Hall–Kier alpha value is -1.98. The summed E-state index contributed by atoms with van der Waals surface area (Å²) in [5.74, 6) is -4.62. The van der Waals surface area contributed by atoms with Gasteiger partial charge in [0.1, 0.15) is 24.1 Å². The van der Waals surface area contributed by atoms with Crippen molar-refractivity contribution in [2.24, 2.45) is 5.73 Å². The Bertz CT molecular complexity index is 978. The molecule has 3 heterocycles. The van der Waals surface area contributed by atoms with Crippen molar-refractivity contribution < 1.29 is 53.2 Å². The summed E-state index contributed by atoms with van der Waals surface area (Å²) in [5, 5.41) is 39.9. The zero-order valence-corrected chi connectivity index (χ0v) is 18.1. The first-order chi connectivity index (χ1) is 15.3. The van der Waals surface area contributed by atoms with E-state index in [0.717, 1.165) is 4.57 Å². The summed E-state index contributed by atoms with van der Waals surface area (Å²) in [6, 6.07) is 0.284. The third-order valence-electron chi connectivity index (χ3n) is 5.29. The number of hydrogen-bond acceptors (Lipinski definition) is 13. The molecule has 16 nitrogen and oxygen atoms in total. The smallest absolute Gasteiger partial charge is 0.475 e. The van der Waals surface area contributed by atoms with Crippen LogP contribution < -0.4 is 17.2 Å². The van der Waals surface area contributed by atoms with Gasteiger partial charge in [0.05, 0.1) is 24.9 Å². The topological polar surface area (TPSA) is 259 Å². The number of carbonyl (C=O) groups is 1. The first kappa shape index (κ1) is 25.6. The fourth-order valence-corrected chi connectivity index (χ4v) is 4.44. The molecule has 0 amide bonds. The predicted molar refractivity (Wildman–Crippen MR) is 105 cm³/mol. The minimum Gasteiger partial charge on any atom is -0.477 e. The average molecular weight is 496 g/mol. The van der Waals surface area contributed by atoms with Crippen LogP contribution in [-0.2, 0) is 27.9 Å². The number of ether oxygens (including phenoxy) is 2. The fourth-order valence-electron chi connectivity index (χ4n) is 3.48. The van der Waals surface area contributed by atoms with E-state index in [2.05, 4.69) is 4.98 Å². The lowest BCUT2D eigenvalue weighted by molar-refractivity contribution is -0.264. The second-order valence-electron chi connectivity index (χ2n) is 7.67. The summed E-state index contributed by atoms with van der Waals surface area (Å²) < 4.78 is 33.3. The maximum Gasteiger partial charge on any atom is 0.475 e. The van der Waals surface area contributed by atoms with Crippen LogP contribution in [0.2, 0.25) is 0 Å². The molecule has 2 aliphatic rings. The third kappa shape index (κ3) is 5.25. The summed E-state index contributed by atoms with van der Waals surface area (Å²) in [6.07, 6.45) is -8.23. The molecule has 0 bridgehead atoms. The number of aliphatic hydroxyl groups excluding tert-OH is 3. The Morgan fingerprint density at radius 2 is 2.06 bits per heavy atom. The molecule has 2 saturated heterocycles. The van der Waals surface area contributed by atoms with Crippen molar-refractivity contribution in [3.05, 3.63) is 22.7 Å². The summed E-state index contributed by atoms with van der Waals surface area (Å²) in [4.78, 5) is 37.2. The van der Waals surface area contributed by atoms with Crippen LogP contribution in [0, 0.1) is 0 Å². The van der Waals surface area contributed by atoms with Gasteiger partial charge in [0.25, 0.3) is 5.79 Å². The van der Waals surface area contributed by atoms with Gasteiger partial charge in [-0.25, -0.2) is 18.7 Å². The van der Waals surface area contributed by atoms with E-state index >= 15 is 0 Å². The fraction of sp³-hybridized carbons (Fsp3) is 0.688. The highest BCUT2D eigenvalue weighted by molar-refractivity contribution is 7.47. The molecule has 3 rings (SSSR count). The molecule has 0 saturated carbocycles. The van der Waals surface area contributed by atoms with Crippen LogP contribution in [0.4, 0.5) is 5.82 Å². The first-order valence-electron chi connectivity index (χ1n) is 9.65. The number of phosphoric ester groups is 1. The summed E-state index contributed by atoms with van der Waals surface area (Å²) >= 11 is 0. The summed E-state index contributed by atoms with van der Waals surface area (Å²) in [5.41, 5.74) is 10.2. The van der Waals surface area contributed by atoms with Crippen LogP contribution in [0.15, 0.2) is 17.1 Å². The largest absolute Gasteiger partial charge is 0.477 e. The maximum atomic E-state index is 12.5. The van der Waals surface area contributed by atoms with E-state index in [-0.39, 0.29) is 5.82 Å². The van der Waals surface area contributed by atoms with Crippen molar-refractivity contribution in [2.45, 2.75) is 61.9 Å². The van der Waals surface area contributed by atoms with Crippen LogP contribution in [0.25, 0.3) is 0 Å². The Labute approximate surface area is 185 Å². The van der Waals surface area contributed by atoms with Gasteiger partial charge in [-0.1, -0.05) is 0 Å². The van der Waals surface area contributed by atoms with Gasteiger partial charge >= 0.3 is 19.5 Å². The molecular formula is C16H25N4O12P. The zero-order valence-electron chi connectivity index (χ0n) is 17.2. The number of hydrogen-bond donors (Lipinski definition) is 7. The monoisotopic (exact) mass is 496 g/mol. The van der Waals surface area contributed by atoms with Gasteiger partial charge in [0, 0.05) is 12.6 Å². The van der Waals surface area contributed by atoms with Crippen molar-refractivity contribution in [1.29, 1.82) is 0 Å². The normalized spacial score (nSPS) is 38.7. The van der Waals surface area contributed by atoms with Crippen molar-refractivity contribution in [3.63, 3.8) is 0 Å². The Morgan fingerprint density at radius 1 is 1.39 bits per heavy atom. The quantitative estimate of drug-likeness (QED) is 0.184. The highest BCUT2D eigenvalue weighted by Gasteiger charge is 2.55. The van der Waals surface area contributed by atoms with E-state index < -0.39 is 81.1 Å². The predicted octanol–water partition coefficient (Wildman–Crippen LogP) is -3.14. The second kappa shape index (κ2) is 9.34. The third-order valence-corrected chi connectivity index (χ3v) is 6.29. The number of phosphoric acid groups is 1. The summed E-state index contributed by atoms with van der Waals surface area (Å²) in [7, 11) is -5.19. The molecule has 0 radical (unpaired) electrons. The molecule has 186 valence electrons. The lowest BCUT2D eigenvalue weighted by Gasteiger charge is -2.42. The SMILES string of the molecule is CC1OC(OP(=O)(O)OCC2OC(n3ccc(N)nc3=O)C(O)C2O)(C(=O)O)CC(O)C1N. The van der Waals surface area contributed by atoms with Crippen LogP contribution in [0.3, 0.4) is 0 Å². The van der Waals surface area contributed by atoms with Gasteiger partial charge < -0.3 is 46.3 Å². The number of rotatable bonds is 7. The molecule has 0 aromatic carbocycles. The molecule has 33 heavy (non-hydrogen) atoms. The van der Waals surface area contributed by atoms with Gasteiger partial charge in [-0.15, -0.1) is 0 Å². The number of nitrogens with two attached hydrogens (primary N) is 2. The van der Waals surface area contributed by atoms with E-state index in [1.807, 2.05) is 0 Å². The van der Waals surface area contributed by atoms with Crippen LogP contribution >= 0.6 is 7.82 Å². The molecular weight excluding hydrogens is 471 g/mol. The van der Waals surface area contributed by atoms with Gasteiger partial charge in [-0.3, -0.25) is 9.09 Å². The molecule has 17 heteroatoms. The summed E-state index contributed by atoms with van der Waals surface area (Å²) in [6.45, 7) is 0.489. The molecule has 9 atom stereocenters. The second-order valence-corrected chi connectivity index (χ2v) is 9.05. The van der Waals surface area contributed by atoms with Crippen molar-refractivity contribution in [2.75, 3.05) is 12.3 Å². The maximum absolute atomic E-state index is 12.5. The van der Waals surface area contributed by atoms with Gasteiger partial charge in [-0.05, 0) is 13.0 Å². The number of aliphatic carboxylic acids is 1. The Balaban J connectivity index is 1.70. The first-order valence-corrected chi connectivity index (χ1v) is 11.1. The van der Waals surface area contributed by atoms with E-state index in [1.54, 1.807) is 0 Å². The molecule has 9 N–H and O–H groups in total. The molecule has 0 spiro atoms. The molecule has 1 aromatic heterocycles. The van der Waals surface area contributed by atoms with Crippen molar-refractivity contribution in [3.8, 4) is 0 Å². The van der Waals surface area contributed by atoms with Crippen molar-refractivity contribution in [1.82, 2.24) is 9.55 Å². The lowest BCUT2D eigenvalue weighted by Crippen LogP contribution is -2.61. The number of carboxylic acid groups (broad SMARTS) is 1. The van der Waals surface area contributed by atoms with E-state index in [4.69, 9.17) is 30.0 Å². The number of carboxylic acids is 1. The molecule has 1 aromatic rings. The highest BCUT2D eigenvalue weighted by Crippen LogP contribution is 2.51. The Morgan fingerprint density at radius 3 is 2.64 bits per heavy atom. The van der Waals surface area contributed by atoms with Gasteiger partial charge in [0.15, 0.2) is 6.23 Å². The zero-order chi connectivity index (χ0) is 24.7. The minimum absolute atomic E-state index is 0.0831. The van der Waals surface area contributed by atoms with Crippen LogP contribution in [0.1, 0.15) is 19.6 Å². The van der Waals surface area contributed by atoms with Crippen LogP contribution in [-0.4, -0.2) is 89.8 Å². The highest BCUT2D eigenvalue weighted by atomic mass is 31.2.